The molecule has 1 N–H and O–H groups in total. The van der Waals surface area contributed by atoms with E-state index in [1.807, 2.05) is 13.0 Å². The number of nitrogens with one attached hydrogen (secondary N) is 1. The Morgan fingerprint density at radius 2 is 1.65 bits per heavy atom. The summed E-state index contributed by atoms with van der Waals surface area (Å²) >= 11 is 6.24. The van der Waals surface area contributed by atoms with Gasteiger partial charge in [0, 0.05) is 17.3 Å². The zero-order chi connectivity index (χ0) is 14.8. The van der Waals surface area contributed by atoms with Crippen LogP contribution in [0.1, 0.15) is 37.5 Å². The standard InChI is InChI=1S/C18H22ClN/c1-13-5-6-14(17(19)11-13)12-20-16-9-7-15(8-10-16)18(2,3)4/h5-11,20H,12H2,1-4H3. The monoisotopic (exact) mass is 287 g/mol. The van der Waals surface area contributed by atoms with Gasteiger partial charge in [-0.3, -0.25) is 0 Å². The first-order valence-electron chi connectivity index (χ1n) is 6.96. The van der Waals surface area contributed by atoms with Crippen molar-refractivity contribution in [1.29, 1.82) is 0 Å². The summed E-state index contributed by atoms with van der Waals surface area (Å²) < 4.78 is 0. The van der Waals surface area contributed by atoms with Crippen LogP contribution < -0.4 is 5.32 Å². The Kier molecular flexibility index (Phi) is 4.39. The molecule has 20 heavy (non-hydrogen) atoms. The molecule has 2 rings (SSSR count). The molecule has 0 heterocycles. The van der Waals surface area contributed by atoms with Gasteiger partial charge in [-0.2, -0.15) is 0 Å². The maximum Gasteiger partial charge on any atom is 0.0458 e. The summed E-state index contributed by atoms with van der Waals surface area (Å²) in [5.41, 5.74) is 4.97. The lowest BCUT2D eigenvalue weighted by atomic mass is 9.87. The van der Waals surface area contributed by atoms with Crippen LogP contribution in [0.5, 0.6) is 0 Å². The normalized spacial score (nSPS) is 11.4. The molecule has 106 valence electrons. The van der Waals surface area contributed by atoms with E-state index in [1.165, 1.54) is 11.1 Å². The summed E-state index contributed by atoms with van der Waals surface area (Å²) in [6, 6.07) is 14.8. The maximum absolute atomic E-state index is 6.24. The molecule has 2 aromatic rings. The predicted molar refractivity (Wildman–Crippen MR) is 88.7 cm³/mol. The second-order valence-corrected chi connectivity index (χ2v) is 6.68. The van der Waals surface area contributed by atoms with Crippen LogP contribution >= 0.6 is 11.6 Å². The Morgan fingerprint density at radius 1 is 1.00 bits per heavy atom. The molecule has 2 aromatic carbocycles. The molecule has 0 saturated carbocycles. The Labute approximate surface area is 127 Å². The molecule has 2 heteroatoms. The molecular formula is C18H22ClN. The maximum atomic E-state index is 6.24. The molecule has 0 amide bonds. The highest BCUT2D eigenvalue weighted by molar-refractivity contribution is 6.31. The van der Waals surface area contributed by atoms with E-state index in [-0.39, 0.29) is 5.41 Å². The van der Waals surface area contributed by atoms with Crippen molar-refractivity contribution in [1.82, 2.24) is 0 Å². The topological polar surface area (TPSA) is 12.0 Å². The Morgan fingerprint density at radius 3 is 2.20 bits per heavy atom. The van der Waals surface area contributed by atoms with Crippen LogP contribution in [-0.2, 0) is 12.0 Å². The molecule has 0 aromatic heterocycles. The largest absolute Gasteiger partial charge is 0.381 e. The second kappa shape index (κ2) is 5.88. The minimum atomic E-state index is 0.193. The lowest BCUT2D eigenvalue weighted by Gasteiger charge is -2.19. The predicted octanol–water partition coefficient (Wildman–Crippen LogP) is 5.56. The van der Waals surface area contributed by atoms with Crippen LogP contribution in [0, 0.1) is 6.92 Å². The zero-order valence-electron chi connectivity index (χ0n) is 12.6. The third kappa shape index (κ3) is 3.77. The summed E-state index contributed by atoms with van der Waals surface area (Å²) in [6.45, 7) is 9.47. The fraction of sp³-hybridized carbons (Fsp3) is 0.333. The zero-order valence-corrected chi connectivity index (χ0v) is 13.4. The van der Waals surface area contributed by atoms with Gasteiger partial charge < -0.3 is 5.32 Å². The lowest BCUT2D eigenvalue weighted by Crippen LogP contribution is -2.10. The molecule has 0 fully saturated rings. The van der Waals surface area contributed by atoms with Crippen LogP contribution in [0.25, 0.3) is 0 Å². The second-order valence-electron chi connectivity index (χ2n) is 6.28. The van der Waals surface area contributed by atoms with Gasteiger partial charge in [-0.05, 0) is 47.2 Å². The van der Waals surface area contributed by atoms with Crippen LogP contribution in [0.4, 0.5) is 5.69 Å². The number of halogens is 1. The average Bonchev–Trinajstić information content (AvgIpc) is 2.37. The average molecular weight is 288 g/mol. The number of benzene rings is 2. The fourth-order valence-electron chi connectivity index (χ4n) is 2.08. The number of aryl methyl sites for hydroxylation is 1. The molecule has 0 unspecified atom stereocenters. The molecular weight excluding hydrogens is 266 g/mol. The van der Waals surface area contributed by atoms with Crippen molar-refractivity contribution in [3.05, 3.63) is 64.2 Å². The Bertz CT molecular complexity index is 579. The van der Waals surface area contributed by atoms with E-state index in [0.29, 0.717) is 0 Å². The van der Waals surface area contributed by atoms with Crippen molar-refractivity contribution in [3.63, 3.8) is 0 Å². The van der Waals surface area contributed by atoms with Gasteiger partial charge in [-0.1, -0.05) is 56.6 Å². The minimum Gasteiger partial charge on any atom is -0.381 e. The van der Waals surface area contributed by atoms with Gasteiger partial charge in [0.15, 0.2) is 0 Å². The molecule has 0 aliphatic heterocycles. The summed E-state index contributed by atoms with van der Waals surface area (Å²) in [6.07, 6.45) is 0. The number of anilines is 1. The van der Waals surface area contributed by atoms with Crippen molar-refractivity contribution in [3.8, 4) is 0 Å². The highest BCUT2D eigenvalue weighted by Gasteiger charge is 2.12. The molecule has 0 atom stereocenters. The van der Waals surface area contributed by atoms with E-state index in [2.05, 4.69) is 62.5 Å². The molecule has 0 radical (unpaired) electrons. The lowest BCUT2D eigenvalue weighted by molar-refractivity contribution is 0.590. The van der Waals surface area contributed by atoms with Gasteiger partial charge >= 0.3 is 0 Å². The first kappa shape index (κ1) is 14.9. The van der Waals surface area contributed by atoms with Crippen LogP contribution in [0.15, 0.2) is 42.5 Å². The third-order valence-corrected chi connectivity index (χ3v) is 3.79. The smallest absolute Gasteiger partial charge is 0.0458 e. The molecule has 0 aliphatic carbocycles. The van der Waals surface area contributed by atoms with Crippen molar-refractivity contribution >= 4 is 17.3 Å². The summed E-state index contributed by atoms with van der Waals surface area (Å²) in [5, 5.41) is 4.24. The van der Waals surface area contributed by atoms with Crippen LogP contribution in [0.2, 0.25) is 5.02 Å². The highest BCUT2D eigenvalue weighted by atomic mass is 35.5. The SMILES string of the molecule is Cc1ccc(CNc2ccc(C(C)(C)C)cc2)c(Cl)c1. The van der Waals surface area contributed by atoms with E-state index in [0.717, 1.165) is 22.8 Å². The molecule has 0 bridgehead atoms. The van der Waals surface area contributed by atoms with E-state index >= 15 is 0 Å². The minimum absolute atomic E-state index is 0.193. The molecule has 0 spiro atoms. The van der Waals surface area contributed by atoms with Gasteiger partial charge in [0.05, 0.1) is 0 Å². The van der Waals surface area contributed by atoms with E-state index < -0.39 is 0 Å². The van der Waals surface area contributed by atoms with Crippen LogP contribution in [0.3, 0.4) is 0 Å². The van der Waals surface area contributed by atoms with Gasteiger partial charge in [0.25, 0.3) is 0 Å². The first-order valence-corrected chi connectivity index (χ1v) is 7.33. The fourth-order valence-corrected chi connectivity index (χ4v) is 2.38. The van der Waals surface area contributed by atoms with Crippen molar-refractivity contribution < 1.29 is 0 Å². The number of hydrogen-bond acceptors (Lipinski definition) is 1. The third-order valence-electron chi connectivity index (χ3n) is 3.44. The molecule has 0 saturated heterocycles. The summed E-state index contributed by atoms with van der Waals surface area (Å²) in [7, 11) is 0. The van der Waals surface area contributed by atoms with Gasteiger partial charge in [0.1, 0.15) is 0 Å². The van der Waals surface area contributed by atoms with E-state index in [4.69, 9.17) is 11.6 Å². The van der Waals surface area contributed by atoms with E-state index in [9.17, 15) is 0 Å². The Balaban J connectivity index is 2.04. The van der Waals surface area contributed by atoms with E-state index in [1.54, 1.807) is 0 Å². The summed E-state index contributed by atoms with van der Waals surface area (Å²) in [5.74, 6) is 0. The molecule has 0 aliphatic rings. The van der Waals surface area contributed by atoms with Gasteiger partial charge in [-0.25, -0.2) is 0 Å². The summed E-state index contributed by atoms with van der Waals surface area (Å²) in [4.78, 5) is 0. The van der Waals surface area contributed by atoms with Gasteiger partial charge in [-0.15, -0.1) is 0 Å². The van der Waals surface area contributed by atoms with Gasteiger partial charge in [0.2, 0.25) is 0 Å². The van der Waals surface area contributed by atoms with Crippen molar-refractivity contribution in [2.45, 2.75) is 39.7 Å². The highest BCUT2D eigenvalue weighted by Crippen LogP contribution is 2.24. The van der Waals surface area contributed by atoms with Crippen molar-refractivity contribution in [2.24, 2.45) is 0 Å². The number of rotatable bonds is 3. The molecule has 1 nitrogen and oxygen atoms in total. The quantitative estimate of drug-likeness (QED) is 0.779. The Hall–Kier alpha value is -1.47. The number of hydrogen-bond donors (Lipinski definition) is 1. The van der Waals surface area contributed by atoms with Crippen LogP contribution in [-0.4, -0.2) is 0 Å². The first-order chi connectivity index (χ1) is 9.36. The van der Waals surface area contributed by atoms with Crippen molar-refractivity contribution in [2.75, 3.05) is 5.32 Å².